The number of carbonyl (C=O) groups is 1. The third-order valence-electron chi connectivity index (χ3n) is 2.96. The van der Waals surface area contributed by atoms with E-state index in [-0.39, 0.29) is 11.7 Å². The van der Waals surface area contributed by atoms with Gasteiger partial charge in [0.25, 0.3) is 0 Å². The standard InChI is InChI=1S/C12H12F2O3/c1-6-2-3-7(4-10(6)17-12(13)14)8-5-9(8)11(15)16/h2-4,8-9,12H,5H2,1H3,(H,15,16)/t8-,9+/m0/s1. The molecule has 0 heterocycles. The Balaban J connectivity index is 2.17. The van der Waals surface area contributed by atoms with Crippen LogP contribution in [0, 0.1) is 12.8 Å². The Morgan fingerprint density at radius 1 is 1.53 bits per heavy atom. The summed E-state index contributed by atoms with van der Waals surface area (Å²) in [5, 5.41) is 8.80. The van der Waals surface area contributed by atoms with E-state index in [1.807, 2.05) is 0 Å². The monoisotopic (exact) mass is 242 g/mol. The van der Waals surface area contributed by atoms with E-state index in [9.17, 15) is 13.6 Å². The molecule has 2 atom stereocenters. The summed E-state index contributed by atoms with van der Waals surface area (Å²) in [6.07, 6.45) is 0.562. The maximum Gasteiger partial charge on any atom is 0.387 e. The molecule has 5 heteroatoms. The molecule has 17 heavy (non-hydrogen) atoms. The predicted octanol–water partition coefficient (Wildman–Crippen LogP) is 2.78. The van der Waals surface area contributed by atoms with Gasteiger partial charge in [-0.05, 0) is 36.5 Å². The van der Waals surface area contributed by atoms with Crippen LogP contribution in [0.1, 0.15) is 23.5 Å². The summed E-state index contributed by atoms with van der Waals surface area (Å²) in [5.41, 5.74) is 1.36. The molecule has 1 fully saturated rings. The van der Waals surface area contributed by atoms with E-state index in [0.717, 1.165) is 5.56 Å². The Kier molecular flexibility index (Phi) is 3.00. The van der Waals surface area contributed by atoms with E-state index in [1.165, 1.54) is 6.07 Å². The lowest BCUT2D eigenvalue weighted by atomic mass is 10.1. The summed E-state index contributed by atoms with van der Waals surface area (Å²) in [6.45, 7) is -1.19. The smallest absolute Gasteiger partial charge is 0.387 e. The van der Waals surface area contributed by atoms with Gasteiger partial charge in [0.05, 0.1) is 5.92 Å². The van der Waals surface area contributed by atoms with Gasteiger partial charge in [-0.2, -0.15) is 8.78 Å². The molecule has 0 amide bonds. The highest BCUT2D eigenvalue weighted by molar-refractivity contribution is 5.75. The highest BCUT2D eigenvalue weighted by atomic mass is 19.3. The predicted molar refractivity (Wildman–Crippen MR) is 56.3 cm³/mol. The number of benzene rings is 1. The van der Waals surface area contributed by atoms with Gasteiger partial charge in [0, 0.05) is 0 Å². The molecule has 1 saturated carbocycles. The minimum absolute atomic E-state index is 0.0758. The highest BCUT2D eigenvalue weighted by Gasteiger charge is 2.44. The van der Waals surface area contributed by atoms with E-state index >= 15 is 0 Å². The molecule has 1 N–H and O–H groups in total. The van der Waals surface area contributed by atoms with Gasteiger partial charge in [-0.25, -0.2) is 0 Å². The Morgan fingerprint density at radius 2 is 2.24 bits per heavy atom. The van der Waals surface area contributed by atoms with Crippen molar-refractivity contribution in [2.45, 2.75) is 25.9 Å². The number of aryl methyl sites for hydroxylation is 1. The van der Waals surface area contributed by atoms with Crippen LogP contribution in [0.4, 0.5) is 8.78 Å². The minimum Gasteiger partial charge on any atom is -0.481 e. The Labute approximate surface area is 97.0 Å². The zero-order valence-electron chi connectivity index (χ0n) is 9.19. The van der Waals surface area contributed by atoms with Gasteiger partial charge in [0.1, 0.15) is 5.75 Å². The van der Waals surface area contributed by atoms with Crippen molar-refractivity contribution in [3.05, 3.63) is 29.3 Å². The third-order valence-corrected chi connectivity index (χ3v) is 2.96. The third kappa shape index (κ3) is 2.54. The number of ether oxygens (including phenoxy) is 1. The van der Waals surface area contributed by atoms with Crippen molar-refractivity contribution in [3.8, 4) is 5.75 Å². The topological polar surface area (TPSA) is 46.5 Å². The van der Waals surface area contributed by atoms with E-state index in [0.29, 0.717) is 12.0 Å². The molecule has 1 aromatic carbocycles. The molecule has 1 aliphatic carbocycles. The van der Waals surface area contributed by atoms with E-state index in [2.05, 4.69) is 4.74 Å². The fraction of sp³-hybridized carbons (Fsp3) is 0.417. The van der Waals surface area contributed by atoms with Gasteiger partial charge < -0.3 is 9.84 Å². The molecule has 92 valence electrons. The summed E-state index contributed by atoms with van der Waals surface area (Å²) < 4.78 is 28.7. The zero-order chi connectivity index (χ0) is 12.6. The van der Waals surface area contributed by atoms with Gasteiger partial charge in [-0.15, -0.1) is 0 Å². The van der Waals surface area contributed by atoms with Crippen LogP contribution in [0.15, 0.2) is 18.2 Å². The highest BCUT2D eigenvalue weighted by Crippen LogP contribution is 2.48. The van der Waals surface area contributed by atoms with Crippen molar-refractivity contribution in [3.63, 3.8) is 0 Å². The van der Waals surface area contributed by atoms with E-state index < -0.39 is 18.5 Å². The number of hydrogen-bond acceptors (Lipinski definition) is 2. The fourth-order valence-corrected chi connectivity index (χ4v) is 1.91. The summed E-state index contributed by atoms with van der Waals surface area (Å²) >= 11 is 0. The molecule has 1 aliphatic rings. The average molecular weight is 242 g/mol. The minimum atomic E-state index is -2.86. The Hall–Kier alpha value is -1.65. The number of rotatable bonds is 4. The first-order valence-electron chi connectivity index (χ1n) is 5.27. The van der Waals surface area contributed by atoms with Crippen LogP contribution in [0.3, 0.4) is 0 Å². The van der Waals surface area contributed by atoms with E-state index in [1.54, 1.807) is 19.1 Å². The molecule has 2 rings (SSSR count). The van der Waals surface area contributed by atoms with Crippen LogP contribution >= 0.6 is 0 Å². The maximum atomic E-state index is 12.1. The summed E-state index contributed by atoms with van der Waals surface area (Å²) in [5.74, 6) is -1.19. The Bertz CT molecular complexity index is 445. The second kappa shape index (κ2) is 4.31. The van der Waals surface area contributed by atoms with Crippen LogP contribution in [-0.2, 0) is 4.79 Å². The van der Waals surface area contributed by atoms with Gasteiger partial charge in [0.2, 0.25) is 0 Å². The Morgan fingerprint density at radius 3 is 2.76 bits per heavy atom. The van der Waals surface area contributed by atoms with E-state index in [4.69, 9.17) is 5.11 Å². The first kappa shape index (κ1) is 11.8. The molecule has 1 aromatic rings. The van der Waals surface area contributed by atoms with Crippen LogP contribution in [-0.4, -0.2) is 17.7 Å². The number of halogens is 2. The summed E-state index contributed by atoms with van der Waals surface area (Å²) in [7, 11) is 0. The van der Waals surface area contributed by atoms with Crippen LogP contribution in [0.5, 0.6) is 5.75 Å². The largest absolute Gasteiger partial charge is 0.481 e. The van der Waals surface area contributed by atoms with Crippen LogP contribution in [0.2, 0.25) is 0 Å². The normalized spacial score (nSPS) is 22.6. The zero-order valence-corrected chi connectivity index (χ0v) is 9.19. The lowest BCUT2D eigenvalue weighted by Gasteiger charge is -2.09. The van der Waals surface area contributed by atoms with Crippen LogP contribution < -0.4 is 4.74 Å². The maximum absolute atomic E-state index is 12.1. The molecule has 0 radical (unpaired) electrons. The molecule has 0 spiro atoms. The van der Waals surface area contributed by atoms with Crippen molar-refractivity contribution < 1.29 is 23.4 Å². The SMILES string of the molecule is Cc1ccc([C@@H]2C[C@H]2C(=O)O)cc1OC(F)F. The number of carboxylic acids is 1. The van der Waals surface area contributed by atoms with Gasteiger partial charge in [-0.1, -0.05) is 12.1 Å². The molecule has 0 aromatic heterocycles. The molecule has 0 bridgehead atoms. The molecular formula is C12H12F2O3. The molecule has 0 unspecified atom stereocenters. The number of hydrogen-bond donors (Lipinski definition) is 1. The van der Waals surface area contributed by atoms with Crippen molar-refractivity contribution in [2.75, 3.05) is 0 Å². The van der Waals surface area contributed by atoms with Crippen LogP contribution in [0.25, 0.3) is 0 Å². The number of aliphatic carboxylic acids is 1. The number of carboxylic acid groups (broad SMARTS) is 1. The molecular weight excluding hydrogens is 230 g/mol. The molecule has 3 nitrogen and oxygen atoms in total. The summed E-state index contributed by atoms with van der Waals surface area (Å²) in [6, 6.07) is 4.95. The van der Waals surface area contributed by atoms with Gasteiger partial charge >= 0.3 is 12.6 Å². The second-order valence-corrected chi connectivity index (χ2v) is 4.19. The average Bonchev–Trinajstić information content (AvgIpc) is 3.00. The first-order chi connectivity index (χ1) is 7.99. The van der Waals surface area contributed by atoms with Gasteiger partial charge in [0.15, 0.2) is 0 Å². The lowest BCUT2D eigenvalue weighted by molar-refractivity contribution is -0.138. The first-order valence-corrected chi connectivity index (χ1v) is 5.27. The van der Waals surface area contributed by atoms with Crippen molar-refractivity contribution >= 4 is 5.97 Å². The molecule has 0 saturated heterocycles. The van der Waals surface area contributed by atoms with Gasteiger partial charge in [-0.3, -0.25) is 4.79 Å². The number of alkyl halides is 2. The quantitative estimate of drug-likeness (QED) is 0.883. The van der Waals surface area contributed by atoms with Crippen molar-refractivity contribution in [2.24, 2.45) is 5.92 Å². The lowest BCUT2D eigenvalue weighted by Crippen LogP contribution is -2.04. The van der Waals surface area contributed by atoms with Crippen molar-refractivity contribution in [1.29, 1.82) is 0 Å². The molecule has 0 aliphatic heterocycles. The second-order valence-electron chi connectivity index (χ2n) is 4.19. The summed E-state index contributed by atoms with van der Waals surface area (Å²) in [4.78, 5) is 10.7. The van der Waals surface area contributed by atoms with Crippen molar-refractivity contribution in [1.82, 2.24) is 0 Å². The fourth-order valence-electron chi connectivity index (χ4n) is 1.91.